The molecule has 2 aliphatic heterocycles. The van der Waals surface area contributed by atoms with Gasteiger partial charge in [0.1, 0.15) is 0 Å². The molecular weight excluding hydrogens is 257 g/mol. The van der Waals surface area contributed by atoms with Crippen molar-refractivity contribution in [1.82, 2.24) is 10.3 Å². The molecule has 1 aromatic heterocycles. The van der Waals surface area contributed by atoms with Gasteiger partial charge in [0.05, 0.1) is 11.9 Å². The van der Waals surface area contributed by atoms with Crippen LogP contribution >= 0.6 is 24.8 Å². The van der Waals surface area contributed by atoms with Crippen molar-refractivity contribution in [1.29, 1.82) is 0 Å². The molecule has 0 saturated carbocycles. The van der Waals surface area contributed by atoms with Crippen molar-refractivity contribution in [3.8, 4) is 0 Å². The van der Waals surface area contributed by atoms with Crippen LogP contribution in [0.25, 0.3) is 0 Å². The average molecular weight is 276 g/mol. The van der Waals surface area contributed by atoms with Crippen LogP contribution in [-0.2, 0) is 0 Å². The SMILES string of the molecule is Cl.Cl.c1cncc(N2CC[C@H]3CCN[C@H]3C2)c1. The van der Waals surface area contributed by atoms with E-state index in [1.807, 2.05) is 18.5 Å². The van der Waals surface area contributed by atoms with E-state index < -0.39 is 0 Å². The number of pyridine rings is 1. The number of anilines is 1. The van der Waals surface area contributed by atoms with Gasteiger partial charge in [-0.2, -0.15) is 0 Å². The zero-order valence-electron chi connectivity index (χ0n) is 9.71. The first-order valence-corrected chi connectivity index (χ1v) is 5.82. The van der Waals surface area contributed by atoms with Gasteiger partial charge in [0.2, 0.25) is 0 Å². The molecule has 0 radical (unpaired) electrons. The van der Waals surface area contributed by atoms with Crippen LogP contribution in [0.4, 0.5) is 5.69 Å². The van der Waals surface area contributed by atoms with Gasteiger partial charge in [0, 0.05) is 25.3 Å². The number of piperidine rings is 1. The third-order valence-electron chi connectivity index (χ3n) is 3.69. The van der Waals surface area contributed by atoms with Crippen molar-refractivity contribution >= 4 is 30.5 Å². The predicted molar refractivity (Wildman–Crippen MR) is 75.5 cm³/mol. The summed E-state index contributed by atoms with van der Waals surface area (Å²) >= 11 is 0. The molecule has 5 heteroatoms. The van der Waals surface area contributed by atoms with E-state index in [2.05, 4.69) is 21.3 Å². The molecule has 17 heavy (non-hydrogen) atoms. The Hall–Kier alpha value is -0.510. The molecule has 0 aliphatic carbocycles. The summed E-state index contributed by atoms with van der Waals surface area (Å²) in [6, 6.07) is 4.88. The lowest BCUT2D eigenvalue weighted by Crippen LogP contribution is -2.46. The Balaban J connectivity index is 0.000000722. The lowest BCUT2D eigenvalue weighted by molar-refractivity contribution is 0.373. The van der Waals surface area contributed by atoms with E-state index in [4.69, 9.17) is 0 Å². The molecule has 0 bridgehead atoms. The van der Waals surface area contributed by atoms with Crippen molar-refractivity contribution in [3.63, 3.8) is 0 Å². The zero-order chi connectivity index (χ0) is 10.1. The summed E-state index contributed by atoms with van der Waals surface area (Å²) in [4.78, 5) is 6.63. The van der Waals surface area contributed by atoms with Crippen LogP contribution in [0.1, 0.15) is 12.8 Å². The van der Waals surface area contributed by atoms with E-state index >= 15 is 0 Å². The number of nitrogens with one attached hydrogen (secondary N) is 1. The number of nitrogens with zero attached hydrogens (tertiary/aromatic N) is 2. The summed E-state index contributed by atoms with van der Waals surface area (Å²) in [5, 5.41) is 3.60. The minimum atomic E-state index is 0. The molecule has 2 fully saturated rings. The van der Waals surface area contributed by atoms with Crippen molar-refractivity contribution in [2.24, 2.45) is 5.92 Å². The van der Waals surface area contributed by atoms with Crippen molar-refractivity contribution in [3.05, 3.63) is 24.5 Å². The van der Waals surface area contributed by atoms with Crippen LogP contribution in [0, 0.1) is 5.92 Å². The highest BCUT2D eigenvalue weighted by Crippen LogP contribution is 2.27. The third-order valence-corrected chi connectivity index (χ3v) is 3.69. The zero-order valence-corrected chi connectivity index (χ0v) is 11.3. The molecule has 0 unspecified atom stereocenters. The van der Waals surface area contributed by atoms with Crippen molar-refractivity contribution in [2.75, 3.05) is 24.5 Å². The number of rotatable bonds is 1. The molecular formula is C12H19Cl2N3. The Morgan fingerprint density at radius 2 is 2.18 bits per heavy atom. The van der Waals surface area contributed by atoms with E-state index in [1.54, 1.807) is 0 Å². The number of fused-ring (bicyclic) bond motifs is 1. The van der Waals surface area contributed by atoms with Crippen LogP contribution in [0.2, 0.25) is 0 Å². The van der Waals surface area contributed by atoms with E-state index in [1.165, 1.54) is 31.6 Å². The van der Waals surface area contributed by atoms with Gasteiger partial charge < -0.3 is 10.2 Å². The van der Waals surface area contributed by atoms with Gasteiger partial charge in [-0.15, -0.1) is 24.8 Å². The largest absolute Gasteiger partial charge is 0.369 e. The van der Waals surface area contributed by atoms with Crippen LogP contribution in [0.15, 0.2) is 24.5 Å². The fraction of sp³-hybridized carbons (Fsp3) is 0.583. The van der Waals surface area contributed by atoms with Crippen LogP contribution < -0.4 is 10.2 Å². The second-order valence-corrected chi connectivity index (χ2v) is 4.56. The minimum absolute atomic E-state index is 0. The van der Waals surface area contributed by atoms with Crippen LogP contribution in [0.3, 0.4) is 0 Å². The maximum absolute atomic E-state index is 4.18. The van der Waals surface area contributed by atoms with Gasteiger partial charge in [-0.05, 0) is 37.4 Å². The number of hydrogen-bond acceptors (Lipinski definition) is 3. The fourth-order valence-corrected chi connectivity index (χ4v) is 2.81. The molecule has 1 N–H and O–H groups in total. The third kappa shape index (κ3) is 3.03. The Kier molecular flexibility index (Phi) is 5.50. The summed E-state index contributed by atoms with van der Waals surface area (Å²) in [6.45, 7) is 3.54. The van der Waals surface area contributed by atoms with Crippen molar-refractivity contribution in [2.45, 2.75) is 18.9 Å². The van der Waals surface area contributed by atoms with Gasteiger partial charge in [0.25, 0.3) is 0 Å². The van der Waals surface area contributed by atoms with Gasteiger partial charge in [-0.25, -0.2) is 0 Å². The molecule has 0 amide bonds. The molecule has 0 aromatic carbocycles. The second kappa shape index (κ2) is 6.43. The Morgan fingerprint density at radius 3 is 2.94 bits per heavy atom. The number of aromatic nitrogens is 1. The monoisotopic (exact) mass is 275 g/mol. The molecule has 3 heterocycles. The molecule has 2 saturated heterocycles. The average Bonchev–Trinajstić information content (AvgIpc) is 2.77. The molecule has 3 rings (SSSR count). The van der Waals surface area contributed by atoms with E-state index in [-0.39, 0.29) is 24.8 Å². The lowest BCUT2D eigenvalue weighted by atomic mass is 9.92. The van der Waals surface area contributed by atoms with Crippen LogP contribution in [0.5, 0.6) is 0 Å². The second-order valence-electron chi connectivity index (χ2n) is 4.56. The molecule has 2 atom stereocenters. The molecule has 3 nitrogen and oxygen atoms in total. The van der Waals surface area contributed by atoms with Crippen LogP contribution in [-0.4, -0.2) is 30.7 Å². The van der Waals surface area contributed by atoms with E-state index in [0.29, 0.717) is 6.04 Å². The quantitative estimate of drug-likeness (QED) is 0.851. The first-order chi connectivity index (χ1) is 7.43. The standard InChI is InChI=1S/C12H17N3.2ClH/c1-2-11(8-13-5-1)15-7-4-10-3-6-14-12(10)9-15;;/h1-2,5,8,10,12,14H,3-4,6-7,9H2;2*1H/t10-,12+;;/m1../s1. The van der Waals surface area contributed by atoms with E-state index in [9.17, 15) is 0 Å². The lowest BCUT2D eigenvalue weighted by Gasteiger charge is -2.36. The Bertz CT molecular complexity index is 334. The Labute approximate surface area is 115 Å². The van der Waals surface area contributed by atoms with E-state index in [0.717, 1.165) is 12.5 Å². The van der Waals surface area contributed by atoms with Gasteiger partial charge in [0.15, 0.2) is 0 Å². The molecule has 96 valence electrons. The summed E-state index contributed by atoms with van der Waals surface area (Å²) < 4.78 is 0. The maximum atomic E-state index is 4.18. The summed E-state index contributed by atoms with van der Waals surface area (Å²) in [5.74, 6) is 0.915. The fourth-order valence-electron chi connectivity index (χ4n) is 2.81. The topological polar surface area (TPSA) is 28.2 Å². The highest BCUT2D eigenvalue weighted by atomic mass is 35.5. The summed E-state index contributed by atoms with van der Waals surface area (Å²) in [6.07, 6.45) is 6.50. The first-order valence-electron chi connectivity index (χ1n) is 5.82. The minimum Gasteiger partial charge on any atom is -0.369 e. The predicted octanol–water partition coefficient (Wildman–Crippen LogP) is 2.11. The first kappa shape index (κ1) is 14.6. The van der Waals surface area contributed by atoms with Gasteiger partial charge in [-0.1, -0.05) is 0 Å². The Morgan fingerprint density at radius 1 is 1.29 bits per heavy atom. The number of hydrogen-bond donors (Lipinski definition) is 1. The highest BCUT2D eigenvalue weighted by Gasteiger charge is 2.32. The normalized spacial score (nSPS) is 26.7. The smallest absolute Gasteiger partial charge is 0.0553 e. The maximum Gasteiger partial charge on any atom is 0.0553 e. The molecule has 0 spiro atoms. The molecule has 2 aliphatic rings. The van der Waals surface area contributed by atoms with Gasteiger partial charge >= 0.3 is 0 Å². The molecule has 1 aromatic rings. The summed E-state index contributed by atoms with van der Waals surface area (Å²) in [7, 11) is 0. The van der Waals surface area contributed by atoms with Gasteiger partial charge in [-0.3, -0.25) is 4.98 Å². The number of halogens is 2. The summed E-state index contributed by atoms with van der Waals surface area (Å²) in [5.41, 5.74) is 1.27. The van der Waals surface area contributed by atoms with Crippen molar-refractivity contribution < 1.29 is 0 Å². The highest BCUT2D eigenvalue weighted by molar-refractivity contribution is 5.85.